The number of nitrogens with one attached hydrogen (secondary N) is 1. The first-order chi connectivity index (χ1) is 7.60. The van der Waals surface area contributed by atoms with Crippen LogP contribution in [0.1, 0.15) is 5.56 Å². The van der Waals surface area contributed by atoms with Gasteiger partial charge in [0.1, 0.15) is 17.1 Å². The molecule has 1 aliphatic rings. The molecule has 1 aromatic carbocycles. The Labute approximate surface area is 103 Å². The van der Waals surface area contributed by atoms with Crippen LogP contribution in [-0.2, 0) is 5.60 Å². The molecule has 0 aliphatic carbocycles. The predicted molar refractivity (Wildman–Crippen MR) is 64.0 cm³/mol. The van der Waals surface area contributed by atoms with Crippen molar-refractivity contribution in [3.63, 3.8) is 0 Å². The molecule has 5 heteroatoms. The van der Waals surface area contributed by atoms with Crippen molar-refractivity contribution < 1.29 is 14.6 Å². The zero-order valence-electron chi connectivity index (χ0n) is 9.21. The lowest BCUT2D eigenvalue weighted by Crippen LogP contribution is -2.57. The van der Waals surface area contributed by atoms with Gasteiger partial charge in [-0.3, -0.25) is 0 Å². The average molecular weight is 288 g/mol. The van der Waals surface area contributed by atoms with Gasteiger partial charge in [0.2, 0.25) is 0 Å². The minimum absolute atomic E-state index is 0.515. The number of halogens is 1. The highest BCUT2D eigenvalue weighted by Crippen LogP contribution is 2.41. The molecule has 88 valence electrons. The molecule has 0 unspecified atom stereocenters. The minimum atomic E-state index is -0.891. The van der Waals surface area contributed by atoms with Crippen molar-refractivity contribution >= 4 is 15.9 Å². The van der Waals surface area contributed by atoms with Crippen molar-refractivity contribution in [2.24, 2.45) is 0 Å². The Hall–Kier alpha value is -0.780. The van der Waals surface area contributed by atoms with Gasteiger partial charge >= 0.3 is 0 Å². The molecule has 0 amide bonds. The first kappa shape index (κ1) is 11.7. The van der Waals surface area contributed by atoms with Gasteiger partial charge in [0.05, 0.1) is 19.8 Å². The Bertz CT molecular complexity index is 379. The third-order valence-corrected chi connectivity index (χ3v) is 3.23. The lowest BCUT2D eigenvalue weighted by atomic mass is 9.87. The second-order valence-electron chi connectivity index (χ2n) is 3.82. The molecule has 2 N–H and O–H groups in total. The van der Waals surface area contributed by atoms with Gasteiger partial charge in [0, 0.05) is 17.6 Å². The quantitative estimate of drug-likeness (QED) is 0.879. The van der Waals surface area contributed by atoms with E-state index in [0.29, 0.717) is 30.2 Å². The lowest BCUT2D eigenvalue weighted by Gasteiger charge is -2.39. The van der Waals surface area contributed by atoms with Crippen LogP contribution in [0.25, 0.3) is 0 Å². The first-order valence-corrected chi connectivity index (χ1v) is 5.75. The van der Waals surface area contributed by atoms with Crippen LogP contribution in [0.4, 0.5) is 0 Å². The Morgan fingerprint density at radius 3 is 2.06 bits per heavy atom. The van der Waals surface area contributed by atoms with Crippen molar-refractivity contribution in [1.82, 2.24) is 5.32 Å². The van der Waals surface area contributed by atoms with Gasteiger partial charge in [-0.2, -0.15) is 0 Å². The topological polar surface area (TPSA) is 50.7 Å². The summed E-state index contributed by atoms with van der Waals surface area (Å²) in [4.78, 5) is 0. The predicted octanol–water partition coefficient (Wildman–Crippen LogP) is 1.26. The third kappa shape index (κ3) is 1.79. The first-order valence-electron chi connectivity index (χ1n) is 4.96. The van der Waals surface area contributed by atoms with Gasteiger partial charge in [-0.05, 0) is 12.1 Å². The monoisotopic (exact) mass is 287 g/mol. The number of hydrogen-bond acceptors (Lipinski definition) is 4. The van der Waals surface area contributed by atoms with Crippen molar-refractivity contribution in [3.05, 3.63) is 22.2 Å². The van der Waals surface area contributed by atoms with Gasteiger partial charge < -0.3 is 19.9 Å². The summed E-state index contributed by atoms with van der Waals surface area (Å²) < 4.78 is 11.4. The molecule has 1 aliphatic heterocycles. The summed E-state index contributed by atoms with van der Waals surface area (Å²) in [6.07, 6.45) is 0. The van der Waals surface area contributed by atoms with E-state index in [1.807, 2.05) is 12.1 Å². The van der Waals surface area contributed by atoms with Gasteiger partial charge in [-0.1, -0.05) is 15.9 Å². The minimum Gasteiger partial charge on any atom is -0.496 e. The van der Waals surface area contributed by atoms with E-state index in [2.05, 4.69) is 21.2 Å². The highest BCUT2D eigenvalue weighted by Gasteiger charge is 2.41. The molecular formula is C11H14BrNO3. The molecule has 2 rings (SSSR count). The largest absolute Gasteiger partial charge is 0.496 e. The Morgan fingerprint density at radius 1 is 1.25 bits per heavy atom. The van der Waals surface area contributed by atoms with Crippen LogP contribution in [0.15, 0.2) is 16.6 Å². The van der Waals surface area contributed by atoms with Crippen molar-refractivity contribution in [3.8, 4) is 11.5 Å². The summed E-state index contributed by atoms with van der Waals surface area (Å²) in [7, 11) is 3.17. The molecule has 1 saturated heterocycles. The summed E-state index contributed by atoms with van der Waals surface area (Å²) in [5.74, 6) is 1.27. The van der Waals surface area contributed by atoms with E-state index in [1.54, 1.807) is 14.2 Å². The van der Waals surface area contributed by atoms with E-state index in [9.17, 15) is 5.11 Å². The van der Waals surface area contributed by atoms with Crippen LogP contribution in [0.2, 0.25) is 0 Å². The zero-order valence-corrected chi connectivity index (χ0v) is 10.8. The van der Waals surface area contributed by atoms with Gasteiger partial charge in [0.15, 0.2) is 0 Å². The molecule has 4 nitrogen and oxygen atoms in total. The number of methoxy groups -OCH3 is 2. The highest BCUT2D eigenvalue weighted by molar-refractivity contribution is 9.10. The van der Waals surface area contributed by atoms with Crippen molar-refractivity contribution in [1.29, 1.82) is 0 Å². The standard InChI is InChI=1S/C11H14BrNO3/c1-15-8-3-7(12)4-9(16-2)10(8)11(14)5-13-6-11/h3-4,13-14H,5-6H2,1-2H3. The van der Waals surface area contributed by atoms with Gasteiger partial charge in [-0.15, -0.1) is 0 Å². The normalized spacial score (nSPS) is 17.8. The number of β-amino-alcohol motifs (C(OH)–C–C–N with tert-alkyl or cyclic N) is 1. The molecule has 1 fully saturated rings. The maximum atomic E-state index is 10.4. The van der Waals surface area contributed by atoms with Crippen LogP contribution >= 0.6 is 15.9 Å². The number of aliphatic hydroxyl groups is 1. The fourth-order valence-electron chi connectivity index (χ4n) is 1.88. The molecule has 0 atom stereocenters. The summed E-state index contributed by atoms with van der Waals surface area (Å²) in [6.45, 7) is 1.03. The summed E-state index contributed by atoms with van der Waals surface area (Å²) in [5.41, 5.74) is -0.184. The fourth-order valence-corrected chi connectivity index (χ4v) is 2.29. The van der Waals surface area contributed by atoms with E-state index in [4.69, 9.17) is 9.47 Å². The van der Waals surface area contributed by atoms with Crippen LogP contribution < -0.4 is 14.8 Å². The van der Waals surface area contributed by atoms with Crippen LogP contribution in [0, 0.1) is 0 Å². The van der Waals surface area contributed by atoms with Crippen LogP contribution in [-0.4, -0.2) is 32.4 Å². The summed E-state index contributed by atoms with van der Waals surface area (Å²) >= 11 is 3.38. The number of rotatable bonds is 3. The SMILES string of the molecule is COc1cc(Br)cc(OC)c1C1(O)CNC1. The number of ether oxygens (including phenoxy) is 2. The number of hydrogen-bond donors (Lipinski definition) is 2. The Balaban J connectivity index is 2.55. The average Bonchev–Trinajstić information content (AvgIpc) is 2.24. The highest BCUT2D eigenvalue weighted by atomic mass is 79.9. The van der Waals surface area contributed by atoms with E-state index in [0.717, 1.165) is 4.47 Å². The van der Waals surface area contributed by atoms with Crippen LogP contribution in [0.3, 0.4) is 0 Å². The zero-order chi connectivity index (χ0) is 11.8. The molecule has 0 bridgehead atoms. The third-order valence-electron chi connectivity index (χ3n) is 2.77. The van der Waals surface area contributed by atoms with Gasteiger partial charge in [0.25, 0.3) is 0 Å². The smallest absolute Gasteiger partial charge is 0.129 e. The van der Waals surface area contributed by atoms with Crippen molar-refractivity contribution in [2.45, 2.75) is 5.60 Å². The Morgan fingerprint density at radius 2 is 1.75 bits per heavy atom. The van der Waals surface area contributed by atoms with E-state index >= 15 is 0 Å². The molecule has 0 radical (unpaired) electrons. The molecule has 1 aromatic rings. The summed E-state index contributed by atoms with van der Waals surface area (Å²) in [6, 6.07) is 3.66. The van der Waals surface area contributed by atoms with E-state index in [-0.39, 0.29) is 0 Å². The molecular weight excluding hydrogens is 274 g/mol. The molecule has 0 spiro atoms. The Kier molecular flexibility index (Phi) is 3.10. The summed E-state index contributed by atoms with van der Waals surface area (Å²) in [5, 5.41) is 13.4. The van der Waals surface area contributed by atoms with Gasteiger partial charge in [-0.25, -0.2) is 0 Å². The molecule has 0 aromatic heterocycles. The maximum Gasteiger partial charge on any atom is 0.129 e. The fraction of sp³-hybridized carbons (Fsp3) is 0.455. The molecule has 1 heterocycles. The maximum absolute atomic E-state index is 10.4. The van der Waals surface area contributed by atoms with Crippen molar-refractivity contribution in [2.75, 3.05) is 27.3 Å². The number of benzene rings is 1. The molecule has 16 heavy (non-hydrogen) atoms. The second-order valence-corrected chi connectivity index (χ2v) is 4.74. The van der Waals surface area contributed by atoms with E-state index in [1.165, 1.54) is 0 Å². The van der Waals surface area contributed by atoms with E-state index < -0.39 is 5.60 Å². The van der Waals surface area contributed by atoms with Crippen LogP contribution in [0.5, 0.6) is 11.5 Å². The second kappa shape index (κ2) is 4.24. The molecule has 0 saturated carbocycles. The lowest BCUT2D eigenvalue weighted by molar-refractivity contribution is -0.0183.